The Morgan fingerprint density at radius 2 is 1.96 bits per heavy atom. The van der Waals surface area contributed by atoms with Crippen molar-refractivity contribution in [3.63, 3.8) is 0 Å². The molecule has 1 aromatic rings. The molecule has 1 saturated carbocycles. The number of carbonyl (C=O) groups excluding carboxylic acids is 1. The molecule has 0 bridgehead atoms. The van der Waals surface area contributed by atoms with E-state index in [4.69, 9.17) is 10.5 Å². The third-order valence-electron chi connectivity index (χ3n) is 5.06. The Kier molecular flexibility index (Phi) is 7.11. The lowest BCUT2D eigenvalue weighted by atomic mass is 9.78. The first kappa shape index (κ1) is 20.8. The SMILES string of the molecule is COc1cccc(C2(CNC(=O)[C@@H](N)C(C)(C)C)CCCC2)c1.Cl. The van der Waals surface area contributed by atoms with Crippen LogP contribution in [0.15, 0.2) is 24.3 Å². The lowest BCUT2D eigenvalue weighted by Crippen LogP contribution is -2.51. The molecule has 1 amide bonds. The van der Waals surface area contributed by atoms with Crippen LogP contribution in [-0.4, -0.2) is 25.6 Å². The highest BCUT2D eigenvalue weighted by Crippen LogP contribution is 2.41. The summed E-state index contributed by atoms with van der Waals surface area (Å²) < 4.78 is 5.36. The molecule has 0 saturated heterocycles. The van der Waals surface area contributed by atoms with E-state index in [1.807, 2.05) is 32.9 Å². The standard InChI is InChI=1S/C19H30N2O2.ClH/c1-18(2,3)16(20)17(22)21-13-19(10-5-6-11-19)14-8-7-9-15(12-14)23-4;/h7-9,12,16H,5-6,10-11,13,20H2,1-4H3,(H,21,22);1H/t16-;/m1./s1. The maximum absolute atomic E-state index is 12.4. The van der Waals surface area contributed by atoms with Crippen LogP contribution in [0.3, 0.4) is 0 Å². The van der Waals surface area contributed by atoms with Gasteiger partial charge >= 0.3 is 0 Å². The van der Waals surface area contributed by atoms with Gasteiger partial charge < -0.3 is 15.8 Å². The summed E-state index contributed by atoms with van der Waals surface area (Å²) in [6.45, 7) is 6.61. The summed E-state index contributed by atoms with van der Waals surface area (Å²) in [5, 5.41) is 3.10. The van der Waals surface area contributed by atoms with E-state index < -0.39 is 6.04 Å². The summed E-state index contributed by atoms with van der Waals surface area (Å²) in [6, 6.07) is 7.73. The second-order valence-electron chi connectivity index (χ2n) is 7.78. The molecule has 0 spiro atoms. The van der Waals surface area contributed by atoms with E-state index in [1.165, 1.54) is 18.4 Å². The predicted molar refractivity (Wildman–Crippen MR) is 101 cm³/mol. The van der Waals surface area contributed by atoms with Crippen LogP contribution in [0.5, 0.6) is 5.75 Å². The van der Waals surface area contributed by atoms with Gasteiger partial charge in [-0.15, -0.1) is 12.4 Å². The van der Waals surface area contributed by atoms with E-state index in [1.54, 1.807) is 7.11 Å². The Morgan fingerprint density at radius 1 is 1.33 bits per heavy atom. The number of nitrogens with two attached hydrogens (primary N) is 1. The second-order valence-corrected chi connectivity index (χ2v) is 7.78. The molecule has 1 atom stereocenters. The van der Waals surface area contributed by atoms with Crippen LogP contribution in [-0.2, 0) is 10.2 Å². The van der Waals surface area contributed by atoms with Crippen molar-refractivity contribution in [3.8, 4) is 5.75 Å². The van der Waals surface area contributed by atoms with Gasteiger partial charge in [-0.2, -0.15) is 0 Å². The lowest BCUT2D eigenvalue weighted by molar-refractivity contribution is -0.124. The monoisotopic (exact) mass is 354 g/mol. The molecule has 0 radical (unpaired) electrons. The van der Waals surface area contributed by atoms with E-state index >= 15 is 0 Å². The highest BCUT2D eigenvalue weighted by Gasteiger charge is 2.37. The summed E-state index contributed by atoms with van der Waals surface area (Å²) in [5.74, 6) is 0.804. The van der Waals surface area contributed by atoms with Crippen molar-refractivity contribution in [1.82, 2.24) is 5.32 Å². The van der Waals surface area contributed by atoms with Gasteiger partial charge in [-0.1, -0.05) is 45.7 Å². The average molecular weight is 355 g/mol. The first-order valence-electron chi connectivity index (χ1n) is 8.46. The Balaban J connectivity index is 0.00000288. The smallest absolute Gasteiger partial charge is 0.237 e. The van der Waals surface area contributed by atoms with Crippen molar-refractivity contribution in [1.29, 1.82) is 0 Å². The van der Waals surface area contributed by atoms with Gasteiger partial charge in [0.1, 0.15) is 5.75 Å². The fraction of sp³-hybridized carbons (Fsp3) is 0.632. The van der Waals surface area contributed by atoms with E-state index in [0.29, 0.717) is 6.54 Å². The molecule has 1 aliphatic rings. The fourth-order valence-electron chi connectivity index (χ4n) is 3.33. The molecule has 24 heavy (non-hydrogen) atoms. The van der Waals surface area contributed by atoms with Crippen LogP contribution in [0.1, 0.15) is 52.0 Å². The first-order chi connectivity index (χ1) is 10.8. The number of nitrogens with one attached hydrogen (secondary N) is 1. The molecule has 0 aliphatic heterocycles. The van der Waals surface area contributed by atoms with E-state index in [0.717, 1.165) is 18.6 Å². The molecule has 1 aliphatic carbocycles. The molecule has 1 fully saturated rings. The predicted octanol–water partition coefficient (Wildman–Crippen LogP) is 3.42. The summed E-state index contributed by atoms with van der Waals surface area (Å²) >= 11 is 0. The van der Waals surface area contributed by atoms with Gasteiger partial charge in [-0.25, -0.2) is 0 Å². The summed E-state index contributed by atoms with van der Waals surface area (Å²) in [5.41, 5.74) is 7.09. The van der Waals surface area contributed by atoms with Gasteiger partial charge in [-0.05, 0) is 36.0 Å². The lowest BCUT2D eigenvalue weighted by Gasteiger charge is -2.32. The minimum Gasteiger partial charge on any atom is -0.497 e. The maximum Gasteiger partial charge on any atom is 0.237 e. The quantitative estimate of drug-likeness (QED) is 0.851. The molecule has 2 rings (SSSR count). The van der Waals surface area contributed by atoms with Crippen molar-refractivity contribution in [2.75, 3.05) is 13.7 Å². The van der Waals surface area contributed by atoms with Crippen molar-refractivity contribution in [3.05, 3.63) is 29.8 Å². The van der Waals surface area contributed by atoms with Crippen molar-refractivity contribution >= 4 is 18.3 Å². The molecule has 136 valence electrons. The van der Waals surface area contributed by atoms with Gasteiger partial charge in [0.25, 0.3) is 0 Å². The molecule has 1 aromatic carbocycles. The second kappa shape index (κ2) is 8.21. The van der Waals surface area contributed by atoms with Crippen molar-refractivity contribution in [2.45, 2.75) is 57.9 Å². The largest absolute Gasteiger partial charge is 0.497 e. The van der Waals surface area contributed by atoms with Gasteiger partial charge in [0.05, 0.1) is 13.2 Å². The van der Waals surface area contributed by atoms with E-state index in [-0.39, 0.29) is 29.1 Å². The summed E-state index contributed by atoms with van der Waals surface area (Å²) in [6.07, 6.45) is 4.56. The zero-order chi connectivity index (χ0) is 17.1. The molecular weight excluding hydrogens is 324 g/mol. The number of rotatable bonds is 5. The number of hydrogen-bond acceptors (Lipinski definition) is 3. The van der Waals surface area contributed by atoms with Gasteiger partial charge in [-0.3, -0.25) is 4.79 Å². The molecule has 0 aromatic heterocycles. The van der Waals surface area contributed by atoms with Gasteiger partial charge in [0.15, 0.2) is 0 Å². The number of amides is 1. The van der Waals surface area contributed by atoms with Gasteiger partial charge in [0, 0.05) is 12.0 Å². The van der Waals surface area contributed by atoms with Crippen molar-refractivity contribution < 1.29 is 9.53 Å². The van der Waals surface area contributed by atoms with Crippen LogP contribution in [0, 0.1) is 5.41 Å². The average Bonchev–Trinajstić information content (AvgIpc) is 3.01. The zero-order valence-electron chi connectivity index (χ0n) is 15.2. The summed E-state index contributed by atoms with van der Waals surface area (Å²) in [4.78, 5) is 12.4. The third kappa shape index (κ3) is 4.64. The first-order valence-corrected chi connectivity index (χ1v) is 8.46. The Hall–Kier alpha value is -1.26. The Bertz CT molecular complexity index is 549. The normalized spacial score (nSPS) is 17.7. The van der Waals surface area contributed by atoms with Crippen molar-refractivity contribution in [2.24, 2.45) is 11.1 Å². The Labute approximate surface area is 151 Å². The zero-order valence-corrected chi connectivity index (χ0v) is 16.0. The third-order valence-corrected chi connectivity index (χ3v) is 5.06. The number of benzene rings is 1. The summed E-state index contributed by atoms with van der Waals surface area (Å²) in [7, 11) is 1.69. The van der Waals surface area contributed by atoms with E-state index in [2.05, 4.69) is 17.4 Å². The maximum atomic E-state index is 12.4. The van der Waals surface area contributed by atoms with E-state index in [9.17, 15) is 4.79 Å². The number of carbonyl (C=O) groups is 1. The number of hydrogen-bond donors (Lipinski definition) is 2. The highest BCUT2D eigenvalue weighted by atomic mass is 35.5. The fourth-order valence-corrected chi connectivity index (χ4v) is 3.33. The van der Waals surface area contributed by atoms with Crippen LogP contribution >= 0.6 is 12.4 Å². The molecule has 5 heteroatoms. The number of methoxy groups -OCH3 is 1. The minimum absolute atomic E-state index is 0. The number of ether oxygens (including phenoxy) is 1. The minimum atomic E-state index is -0.494. The molecular formula is C19H31ClN2O2. The molecule has 4 nitrogen and oxygen atoms in total. The van der Waals surface area contributed by atoms with Crippen LogP contribution < -0.4 is 15.8 Å². The van der Waals surface area contributed by atoms with Crippen LogP contribution in [0.4, 0.5) is 0 Å². The molecule has 0 heterocycles. The van der Waals surface area contributed by atoms with Crippen LogP contribution in [0.2, 0.25) is 0 Å². The highest BCUT2D eigenvalue weighted by molar-refractivity contribution is 5.85. The Morgan fingerprint density at radius 3 is 2.50 bits per heavy atom. The number of halogens is 1. The molecule has 3 N–H and O–H groups in total. The topological polar surface area (TPSA) is 64.3 Å². The van der Waals surface area contributed by atoms with Gasteiger partial charge in [0.2, 0.25) is 5.91 Å². The van der Waals surface area contributed by atoms with Crippen LogP contribution in [0.25, 0.3) is 0 Å². The molecule has 0 unspecified atom stereocenters.